The van der Waals surface area contributed by atoms with Crippen LogP contribution in [0.15, 0.2) is 30.5 Å². The van der Waals surface area contributed by atoms with Gasteiger partial charge in [0.2, 0.25) is 0 Å². The van der Waals surface area contributed by atoms with Crippen molar-refractivity contribution in [3.63, 3.8) is 0 Å². The normalized spacial score (nSPS) is 10.3. The molecule has 0 atom stereocenters. The topological polar surface area (TPSA) is 61.2 Å². The third kappa shape index (κ3) is 3.12. The first kappa shape index (κ1) is 14.0. The van der Waals surface area contributed by atoms with E-state index in [9.17, 15) is 9.59 Å². The van der Waals surface area contributed by atoms with Crippen LogP contribution in [-0.2, 0) is 11.3 Å². The summed E-state index contributed by atoms with van der Waals surface area (Å²) in [6.45, 7) is 4.48. The van der Waals surface area contributed by atoms with Crippen molar-refractivity contribution < 1.29 is 14.3 Å². The molecule has 1 heterocycles. The molecule has 2 rings (SSSR count). The minimum absolute atomic E-state index is 0.0639. The lowest BCUT2D eigenvalue weighted by atomic mass is 10.1. The average Bonchev–Trinajstić information content (AvgIpc) is 2.85. The van der Waals surface area contributed by atoms with Gasteiger partial charge in [-0.3, -0.25) is 9.48 Å². The summed E-state index contributed by atoms with van der Waals surface area (Å²) >= 11 is 0. The van der Waals surface area contributed by atoms with Gasteiger partial charge < -0.3 is 4.74 Å². The number of nitrogens with zero attached hydrogens (tertiary/aromatic N) is 2. The zero-order chi connectivity index (χ0) is 14.5. The van der Waals surface area contributed by atoms with E-state index in [4.69, 9.17) is 4.74 Å². The van der Waals surface area contributed by atoms with Gasteiger partial charge in [-0.2, -0.15) is 5.10 Å². The molecule has 0 radical (unpaired) electrons. The van der Waals surface area contributed by atoms with Gasteiger partial charge in [-0.05, 0) is 19.4 Å². The van der Waals surface area contributed by atoms with Crippen molar-refractivity contribution in [3.05, 3.63) is 52.8 Å². The van der Waals surface area contributed by atoms with Crippen molar-refractivity contribution in [2.45, 2.75) is 20.4 Å². The van der Waals surface area contributed by atoms with Gasteiger partial charge in [0, 0.05) is 6.20 Å². The third-order valence-electron chi connectivity index (χ3n) is 2.85. The number of rotatable bonds is 5. The molecule has 0 amide bonds. The molecule has 0 unspecified atom stereocenters. The summed E-state index contributed by atoms with van der Waals surface area (Å²) in [5.41, 5.74) is 2.53. The molecule has 1 aromatic carbocycles. The molecule has 0 N–H and O–H groups in total. The number of aromatic nitrogens is 2. The molecular formula is C15H16N2O3. The maximum atomic E-state index is 11.7. The Kier molecular flexibility index (Phi) is 4.30. The molecule has 20 heavy (non-hydrogen) atoms. The number of hydrogen-bond acceptors (Lipinski definition) is 4. The van der Waals surface area contributed by atoms with Crippen LogP contribution < -0.4 is 0 Å². The van der Waals surface area contributed by atoms with E-state index in [1.165, 1.54) is 5.56 Å². The van der Waals surface area contributed by atoms with Crippen LogP contribution in [0.3, 0.4) is 0 Å². The number of aldehydes is 1. The van der Waals surface area contributed by atoms with E-state index < -0.39 is 5.97 Å². The molecule has 0 aliphatic heterocycles. The molecule has 0 spiro atoms. The van der Waals surface area contributed by atoms with E-state index in [1.807, 2.05) is 31.2 Å². The van der Waals surface area contributed by atoms with E-state index in [0.717, 1.165) is 5.56 Å². The summed E-state index contributed by atoms with van der Waals surface area (Å²) < 4.78 is 6.45. The van der Waals surface area contributed by atoms with E-state index in [2.05, 4.69) is 5.10 Å². The first-order chi connectivity index (χ1) is 9.63. The highest BCUT2D eigenvalue weighted by molar-refractivity contribution is 5.96. The summed E-state index contributed by atoms with van der Waals surface area (Å²) in [6, 6.07) is 7.99. The average molecular weight is 272 g/mol. The molecule has 104 valence electrons. The van der Waals surface area contributed by atoms with Crippen LogP contribution >= 0.6 is 0 Å². The van der Waals surface area contributed by atoms with Gasteiger partial charge in [-0.15, -0.1) is 0 Å². The van der Waals surface area contributed by atoms with Crippen LogP contribution in [0.25, 0.3) is 0 Å². The molecule has 0 aliphatic carbocycles. The van der Waals surface area contributed by atoms with Crippen LogP contribution in [0.1, 0.15) is 38.9 Å². The first-order valence-electron chi connectivity index (χ1n) is 6.39. The first-order valence-corrected chi connectivity index (χ1v) is 6.39. The van der Waals surface area contributed by atoms with Crippen LogP contribution in [0.2, 0.25) is 0 Å². The van der Waals surface area contributed by atoms with Crippen molar-refractivity contribution >= 4 is 12.3 Å². The van der Waals surface area contributed by atoms with Gasteiger partial charge in [-0.25, -0.2) is 4.79 Å². The Morgan fingerprint density at radius 1 is 1.35 bits per heavy atom. The summed E-state index contributed by atoms with van der Waals surface area (Å²) in [5, 5.41) is 4.13. The number of ether oxygens (including phenoxy) is 1. The molecule has 0 saturated carbocycles. The molecule has 0 bridgehead atoms. The molecule has 5 nitrogen and oxygen atoms in total. The summed E-state index contributed by atoms with van der Waals surface area (Å²) in [6.07, 6.45) is 2.17. The minimum Gasteiger partial charge on any atom is -0.461 e. The van der Waals surface area contributed by atoms with E-state index in [0.29, 0.717) is 12.8 Å². The molecule has 5 heteroatoms. The SMILES string of the molecule is CCOC(=O)c1nn(Cc2ccc(C)cc2)cc1C=O. The van der Waals surface area contributed by atoms with Gasteiger partial charge in [0.15, 0.2) is 12.0 Å². The predicted octanol–water partition coefficient (Wildman–Crippen LogP) is 2.23. The van der Waals surface area contributed by atoms with Crippen LogP contribution in [0.5, 0.6) is 0 Å². The fraction of sp³-hybridized carbons (Fsp3) is 0.267. The van der Waals surface area contributed by atoms with Gasteiger partial charge in [-0.1, -0.05) is 29.8 Å². The smallest absolute Gasteiger partial charge is 0.359 e. The van der Waals surface area contributed by atoms with Crippen LogP contribution in [0, 0.1) is 6.92 Å². The van der Waals surface area contributed by atoms with Crippen LogP contribution in [0.4, 0.5) is 0 Å². The molecule has 0 fully saturated rings. The van der Waals surface area contributed by atoms with E-state index >= 15 is 0 Å². The highest BCUT2D eigenvalue weighted by Crippen LogP contribution is 2.10. The Morgan fingerprint density at radius 2 is 2.05 bits per heavy atom. The second-order valence-corrected chi connectivity index (χ2v) is 4.45. The lowest BCUT2D eigenvalue weighted by Gasteiger charge is -2.02. The second kappa shape index (κ2) is 6.14. The molecular weight excluding hydrogens is 256 g/mol. The molecule has 0 aliphatic rings. The highest BCUT2D eigenvalue weighted by atomic mass is 16.5. The summed E-state index contributed by atoms with van der Waals surface area (Å²) in [4.78, 5) is 22.7. The number of benzene rings is 1. The number of carbonyl (C=O) groups excluding carboxylic acids is 2. The van der Waals surface area contributed by atoms with Crippen molar-refractivity contribution in [2.75, 3.05) is 6.61 Å². The van der Waals surface area contributed by atoms with Crippen molar-refractivity contribution in [1.29, 1.82) is 0 Å². The largest absolute Gasteiger partial charge is 0.461 e. The lowest BCUT2D eigenvalue weighted by Crippen LogP contribution is -2.09. The quantitative estimate of drug-likeness (QED) is 0.618. The minimum atomic E-state index is -0.572. The Labute approximate surface area is 117 Å². The zero-order valence-corrected chi connectivity index (χ0v) is 11.5. The van der Waals surface area contributed by atoms with Gasteiger partial charge in [0.25, 0.3) is 0 Å². The monoisotopic (exact) mass is 272 g/mol. The third-order valence-corrected chi connectivity index (χ3v) is 2.85. The molecule has 1 aromatic heterocycles. The predicted molar refractivity (Wildman–Crippen MR) is 73.9 cm³/mol. The fourth-order valence-electron chi connectivity index (χ4n) is 1.84. The molecule has 0 saturated heterocycles. The number of carbonyl (C=O) groups is 2. The Bertz CT molecular complexity index is 615. The zero-order valence-electron chi connectivity index (χ0n) is 11.5. The maximum Gasteiger partial charge on any atom is 0.359 e. The second-order valence-electron chi connectivity index (χ2n) is 4.45. The Morgan fingerprint density at radius 3 is 2.65 bits per heavy atom. The lowest BCUT2D eigenvalue weighted by molar-refractivity contribution is 0.0516. The Balaban J connectivity index is 2.23. The maximum absolute atomic E-state index is 11.7. The molecule has 2 aromatic rings. The number of esters is 1. The van der Waals surface area contributed by atoms with Crippen molar-refractivity contribution in [3.8, 4) is 0 Å². The van der Waals surface area contributed by atoms with Gasteiger partial charge in [0.1, 0.15) is 0 Å². The number of hydrogen-bond donors (Lipinski definition) is 0. The number of aryl methyl sites for hydroxylation is 1. The van der Waals surface area contributed by atoms with Crippen molar-refractivity contribution in [2.24, 2.45) is 0 Å². The van der Waals surface area contributed by atoms with E-state index in [-0.39, 0.29) is 17.9 Å². The van der Waals surface area contributed by atoms with Gasteiger partial charge in [0.05, 0.1) is 18.7 Å². The summed E-state index contributed by atoms with van der Waals surface area (Å²) in [7, 11) is 0. The Hall–Kier alpha value is -2.43. The summed E-state index contributed by atoms with van der Waals surface area (Å²) in [5.74, 6) is -0.572. The highest BCUT2D eigenvalue weighted by Gasteiger charge is 2.17. The van der Waals surface area contributed by atoms with Crippen LogP contribution in [-0.4, -0.2) is 28.6 Å². The van der Waals surface area contributed by atoms with Gasteiger partial charge >= 0.3 is 5.97 Å². The standard InChI is InChI=1S/C15H16N2O3/c1-3-20-15(19)14-13(10-18)9-17(16-14)8-12-6-4-11(2)5-7-12/h4-7,9-10H,3,8H2,1-2H3. The van der Waals surface area contributed by atoms with Crippen molar-refractivity contribution in [1.82, 2.24) is 9.78 Å². The van der Waals surface area contributed by atoms with E-state index in [1.54, 1.807) is 17.8 Å². The fourth-order valence-corrected chi connectivity index (χ4v) is 1.84.